The standard InChI is InChI=1S/C25H30N2O/c1-5-18-9-12-22(27-15-7-8-20(27)6-2)21(16-18)17(3)25-24(19-10-11-19)23(28-4)13-14-26-25/h7-9,12-17,19H,5-6,10-11H2,1-4H3/t17-/m0/s1. The summed E-state index contributed by atoms with van der Waals surface area (Å²) in [6.07, 6.45) is 8.60. The summed E-state index contributed by atoms with van der Waals surface area (Å²) >= 11 is 0. The molecule has 0 N–H and O–H groups in total. The molecule has 0 amide bonds. The average molecular weight is 375 g/mol. The number of aryl methyl sites for hydroxylation is 2. The van der Waals surface area contributed by atoms with E-state index in [9.17, 15) is 0 Å². The lowest BCUT2D eigenvalue weighted by Crippen LogP contribution is -2.10. The topological polar surface area (TPSA) is 27.1 Å². The van der Waals surface area contributed by atoms with Crippen LogP contribution in [0, 0.1) is 0 Å². The number of pyridine rings is 1. The van der Waals surface area contributed by atoms with Crippen molar-refractivity contribution in [2.45, 2.75) is 58.3 Å². The Morgan fingerprint density at radius 3 is 2.64 bits per heavy atom. The molecule has 3 aromatic rings. The predicted molar refractivity (Wildman–Crippen MR) is 115 cm³/mol. The maximum absolute atomic E-state index is 5.71. The molecule has 0 spiro atoms. The van der Waals surface area contributed by atoms with Crippen molar-refractivity contribution in [1.29, 1.82) is 0 Å². The van der Waals surface area contributed by atoms with Gasteiger partial charge in [-0.1, -0.05) is 32.9 Å². The monoisotopic (exact) mass is 374 g/mol. The van der Waals surface area contributed by atoms with Crippen LogP contribution < -0.4 is 4.74 Å². The zero-order chi connectivity index (χ0) is 19.7. The highest BCUT2D eigenvalue weighted by molar-refractivity contribution is 5.52. The van der Waals surface area contributed by atoms with Crippen molar-refractivity contribution in [3.05, 3.63) is 76.9 Å². The second kappa shape index (κ2) is 7.83. The first-order chi connectivity index (χ1) is 13.7. The molecule has 2 heterocycles. The third-order valence-electron chi connectivity index (χ3n) is 6.02. The molecule has 2 aromatic heterocycles. The fraction of sp³-hybridized carbons (Fsp3) is 0.400. The van der Waals surface area contributed by atoms with Crippen molar-refractivity contribution in [2.24, 2.45) is 0 Å². The molecule has 28 heavy (non-hydrogen) atoms. The minimum absolute atomic E-state index is 0.208. The van der Waals surface area contributed by atoms with Crippen LogP contribution in [0.4, 0.5) is 0 Å². The van der Waals surface area contributed by atoms with E-state index in [2.05, 4.69) is 61.9 Å². The normalized spacial score (nSPS) is 14.9. The fourth-order valence-electron chi connectivity index (χ4n) is 4.25. The summed E-state index contributed by atoms with van der Waals surface area (Å²) in [6, 6.07) is 13.3. The van der Waals surface area contributed by atoms with Gasteiger partial charge in [-0.25, -0.2) is 0 Å². The maximum atomic E-state index is 5.71. The molecule has 0 bridgehead atoms. The molecule has 1 fully saturated rings. The van der Waals surface area contributed by atoms with Gasteiger partial charge in [0.15, 0.2) is 0 Å². The quantitative estimate of drug-likeness (QED) is 0.504. The third kappa shape index (κ3) is 3.34. The number of hydrogen-bond donors (Lipinski definition) is 0. The molecule has 1 aliphatic carbocycles. The number of ether oxygens (including phenoxy) is 1. The number of aromatic nitrogens is 2. The average Bonchev–Trinajstić information content (AvgIpc) is 3.48. The van der Waals surface area contributed by atoms with E-state index in [1.807, 2.05) is 12.3 Å². The SMILES string of the molecule is CCc1ccc(-n2cccc2CC)c([C@H](C)c2nccc(OC)c2C2CC2)c1. The molecule has 1 atom stereocenters. The molecule has 146 valence electrons. The van der Waals surface area contributed by atoms with Crippen molar-refractivity contribution >= 4 is 0 Å². The third-order valence-corrected chi connectivity index (χ3v) is 6.02. The van der Waals surface area contributed by atoms with Gasteiger partial charge in [0.2, 0.25) is 0 Å². The summed E-state index contributed by atoms with van der Waals surface area (Å²) in [7, 11) is 1.77. The van der Waals surface area contributed by atoms with Gasteiger partial charge in [-0.05, 0) is 67.0 Å². The molecule has 3 nitrogen and oxygen atoms in total. The zero-order valence-corrected chi connectivity index (χ0v) is 17.4. The molecule has 0 saturated heterocycles. The number of methoxy groups -OCH3 is 1. The lowest BCUT2D eigenvalue weighted by Gasteiger charge is -2.22. The van der Waals surface area contributed by atoms with Crippen LogP contribution in [-0.2, 0) is 12.8 Å². The Morgan fingerprint density at radius 1 is 1.14 bits per heavy atom. The van der Waals surface area contributed by atoms with E-state index in [0.29, 0.717) is 5.92 Å². The first-order valence-electron chi connectivity index (χ1n) is 10.5. The van der Waals surface area contributed by atoms with Crippen LogP contribution in [0.2, 0.25) is 0 Å². The number of nitrogens with zero attached hydrogens (tertiary/aromatic N) is 2. The molecule has 4 rings (SSSR count). The van der Waals surface area contributed by atoms with E-state index < -0.39 is 0 Å². The second-order valence-electron chi connectivity index (χ2n) is 7.78. The largest absolute Gasteiger partial charge is 0.496 e. The van der Waals surface area contributed by atoms with Crippen molar-refractivity contribution in [3.63, 3.8) is 0 Å². The fourth-order valence-corrected chi connectivity index (χ4v) is 4.25. The Hall–Kier alpha value is -2.55. The van der Waals surface area contributed by atoms with Crippen LogP contribution in [0.15, 0.2) is 48.8 Å². The Labute approximate surface area is 168 Å². The summed E-state index contributed by atoms with van der Waals surface area (Å²) in [4.78, 5) is 4.86. The van der Waals surface area contributed by atoms with E-state index in [4.69, 9.17) is 9.72 Å². The minimum Gasteiger partial charge on any atom is -0.496 e. The molecular formula is C25H30N2O. The summed E-state index contributed by atoms with van der Waals surface area (Å²) in [5, 5.41) is 0. The van der Waals surface area contributed by atoms with E-state index in [-0.39, 0.29) is 5.92 Å². The smallest absolute Gasteiger partial charge is 0.125 e. The van der Waals surface area contributed by atoms with Crippen LogP contribution in [0.1, 0.15) is 73.5 Å². The Kier molecular flexibility index (Phi) is 5.25. The molecular weight excluding hydrogens is 344 g/mol. The predicted octanol–water partition coefficient (Wildman–Crippen LogP) is 6.03. The number of benzene rings is 1. The summed E-state index contributed by atoms with van der Waals surface area (Å²) in [6.45, 7) is 6.72. The summed E-state index contributed by atoms with van der Waals surface area (Å²) < 4.78 is 8.05. The van der Waals surface area contributed by atoms with Gasteiger partial charge in [0.1, 0.15) is 5.75 Å². The van der Waals surface area contributed by atoms with Crippen molar-refractivity contribution in [3.8, 4) is 11.4 Å². The first kappa shape index (κ1) is 18.8. The van der Waals surface area contributed by atoms with Crippen LogP contribution in [0.5, 0.6) is 5.75 Å². The van der Waals surface area contributed by atoms with Crippen LogP contribution in [0.25, 0.3) is 5.69 Å². The molecule has 1 aliphatic rings. The van der Waals surface area contributed by atoms with Crippen molar-refractivity contribution < 1.29 is 4.74 Å². The molecule has 0 radical (unpaired) electrons. The van der Waals surface area contributed by atoms with Gasteiger partial charge < -0.3 is 9.30 Å². The first-order valence-corrected chi connectivity index (χ1v) is 10.5. The minimum atomic E-state index is 0.208. The van der Waals surface area contributed by atoms with E-state index >= 15 is 0 Å². The van der Waals surface area contributed by atoms with Gasteiger partial charge in [-0.15, -0.1) is 0 Å². The summed E-state index contributed by atoms with van der Waals surface area (Å²) in [5.41, 5.74) is 7.78. The molecule has 0 unspecified atom stereocenters. The highest BCUT2D eigenvalue weighted by Gasteiger charge is 2.32. The molecule has 3 heteroatoms. The number of rotatable bonds is 7. The lowest BCUT2D eigenvalue weighted by atomic mass is 9.89. The van der Waals surface area contributed by atoms with Crippen LogP contribution >= 0.6 is 0 Å². The van der Waals surface area contributed by atoms with Crippen molar-refractivity contribution in [2.75, 3.05) is 7.11 Å². The van der Waals surface area contributed by atoms with Crippen LogP contribution in [-0.4, -0.2) is 16.7 Å². The van der Waals surface area contributed by atoms with Gasteiger partial charge in [0, 0.05) is 35.3 Å². The molecule has 0 aliphatic heterocycles. The van der Waals surface area contributed by atoms with Gasteiger partial charge in [-0.3, -0.25) is 4.98 Å². The van der Waals surface area contributed by atoms with Crippen LogP contribution in [0.3, 0.4) is 0 Å². The Morgan fingerprint density at radius 2 is 1.96 bits per heavy atom. The number of hydrogen-bond acceptors (Lipinski definition) is 2. The van der Waals surface area contributed by atoms with Crippen molar-refractivity contribution in [1.82, 2.24) is 9.55 Å². The van der Waals surface area contributed by atoms with E-state index in [1.54, 1.807) is 7.11 Å². The summed E-state index contributed by atoms with van der Waals surface area (Å²) in [5.74, 6) is 1.79. The lowest BCUT2D eigenvalue weighted by molar-refractivity contribution is 0.407. The second-order valence-corrected chi connectivity index (χ2v) is 7.78. The van der Waals surface area contributed by atoms with Gasteiger partial charge in [-0.2, -0.15) is 0 Å². The molecule has 1 aromatic carbocycles. The van der Waals surface area contributed by atoms with Gasteiger partial charge in [0.25, 0.3) is 0 Å². The zero-order valence-electron chi connectivity index (χ0n) is 17.4. The maximum Gasteiger partial charge on any atom is 0.125 e. The van der Waals surface area contributed by atoms with E-state index in [1.165, 1.54) is 46.6 Å². The highest BCUT2D eigenvalue weighted by atomic mass is 16.5. The van der Waals surface area contributed by atoms with Gasteiger partial charge >= 0.3 is 0 Å². The van der Waals surface area contributed by atoms with Gasteiger partial charge in [0.05, 0.1) is 12.8 Å². The Balaban J connectivity index is 1.87. The molecule has 1 saturated carbocycles. The Bertz CT molecular complexity index is 968. The highest BCUT2D eigenvalue weighted by Crippen LogP contribution is 2.48. The van der Waals surface area contributed by atoms with E-state index in [0.717, 1.165) is 18.6 Å².